The van der Waals surface area contributed by atoms with Gasteiger partial charge in [-0.15, -0.1) is 11.8 Å². The fourth-order valence-corrected chi connectivity index (χ4v) is 5.88. The van der Waals surface area contributed by atoms with Crippen molar-refractivity contribution in [3.8, 4) is 11.4 Å². The van der Waals surface area contributed by atoms with Crippen LogP contribution in [-0.2, 0) is 12.4 Å². The minimum absolute atomic E-state index is 1.06. The number of hydrogen-bond donors (Lipinski definition) is 0. The van der Waals surface area contributed by atoms with Gasteiger partial charge in [0.15, 0.2) is 0 Å². The Morgan fingerprint density at radius 3 is 1.71 bits per heavy atom. The number of hydrogen-bond acceptors (Lipinski definition) is 1. The Morgan fingerprint density at radius 2 is 1.14 bits per heavy atom. The molecule has 0 aliphatic rings. The van der Waals surface area contributed by atoms with Crippen LogP contribution >= 0.6 is 11.8 Å². The van der Waals surface area contributed by atoms with E-state index in [1.165, 1.54) is 133 Å². The second kappa shape index (κ2) is 20.9. The normalized spacial score (nSPS) is 11.4. The number of benzene rings is 1. The van der Waals surface area contributed by atoms with Gasteiger partial charge >= 0.3 is 0 Å². The van der Waals surface area contributed by atoms with E-state index in [9.17, 15) is 0 Å². The fraction of sp³-hybridized carbons (Fsp3) is 0.719. The highest BCUT2D eigenvalue weighted by Crippen LogP contribution is 2.19. The number of aryl methyl sites for hydroxylation is 1. The molecular weight excluding hydrogens is 444 g/mol. The van der Waals surface area contributed by atoms with E-state index in [4.69, 9.17) is 0 Å². The Balaban J connectivity index is 1.69. The SMILES string of the molecule is CCCCCCCCCCCCn1cc[n+](CSCCCCCCCCCC)c1-c1ccccc1. The summed E-state index contributed by atoms with van der Waals surface area (Å²) in [6.45, 7) is 5.73. The van der Waals surface area contributed by atoms with Crippen molar-refractivity contribution in [1.82, 2.24) is 4.57 Å². The molecule has 0 aliphatic carbocycles. The summed E-state index contributed by atoms with van der Waals surface area (Å²) < 4.78 is 4.97. The lowest BCUT2D eigenvalue weighted by Gasteiger charge is -2.06. The van der Waals surface area contributed by atoms with Crippen molar-refractivity contribution < 1.29 is 4.57 Å². The van der Waals surface area contributed by atoms with E-state index in [0.717, 1.165) is 12.4 Å². The number of nitrogens with zero attached hydrogens (tertiary/aromatic N) is 2. The van der Waals surface area contributed by atoms with Crippen LogP contribution in [0.4, 0.5) is 0 Å². The van der Waals surface area contributed by atoms with Crippen molar-refractivity contribution in [2.24, 2.45) is 0 Å². The van der Waals surface area contributed by atoms with Crippen molar-refractivity contribution in [2.75, 3.05) is 5.75 Å². The van der Waals surface area contributed by atoms with Gasteiger partial charge in [0.05, 0.1) is 12.1 Å². The van der Waals surface area contributed by atoms with Crippen LogP contribution in [0.15, 0.2) is 42.7 Å². The molecule has 35 heavy (non-hydrogen) atoms. The average Bonchev–Trinajstić information content (AvgIpc) is 3.29. The highest BCUT2D eigenvalue weighted by Gasteiger charge is 2.18. The zero-order chi connectivity index (χ0) is 24.8. The lowest BCUT2D eigenvalue weighted by molar-refractivity contribution is -0.664. The molecular formula is C32H55N2S+. The van der Waals surface area contributed by atoms with E-state index >= 15 is 0 Å². The summed E-state index contributed by atoms with van der Waals surface area (Å²) in [7, 11) is 0. The molecule has 1 aromatic heterocycles. The van der Waals surface area contributed by atoms with E-state index in [1.807, 2.05) is 0 Å². The maximum atomic E-state index is 2.50. The van der Waals surface area contributed by atoms with Gasteiger partial charge in [0, 0.05) is 0 Å². The van der Waals surface area contributed by atoms with Gasteiger partial charge in [-0.25, -0.2) is 9.13 Å². The first-order valence-electron chi connectivity index (χ1n) is 15.1. The summed E-state index contributed by atoms with van der Waals surface area (Å²) in [6.07, 6.45) is 29.8. The highest BCUT2D eigenvalue weighted by atomic mass is 32.2. The molecule has 2 nitrogen and oxygen atoms in total. The van der Waals surface area contributed by atoms with Gasteiger partial charge in [-0.3, -0.25) is 0 Å². The van der Waals surface area contributed by atoms with Crippen molar-refractivity contribution in [2.45, 2.75) is 142 Å². The number of thioether (sulfide) groups is 1. The van der Waals surface area contributed by atoms with Crippen molar-refractivity contribution in [1.29, 1.82) is 0 Å². The Kier molecular flexibility index (Phi) is 17.9. The van der Waals surface area contributed by atoms with E-state index < -0.39 is 0 Å². The number of aromatic nitrogens is 2. The molecule has 0 saturated heterocycles. The average molecular weight is 500 g/mol. The quantitative estimate of drug-likeness (QED) is 0.109. The minimum atomic E-state index is 1.06. The lowest BCUT2D eigenvalue weighted by Crippen LogP contribution is -2.33. The van der Waals surface area contributed by atoms with Crippen LogP contribution in [0.2, 0.25) is 0 Å². The molecule has 1 heterocycles. The van der Waals surface area contributed by atoms with Gasteiger partial charge in [0.1, 0.15) is 18.3 Å². The topological polar surface area (TPSA) is 8.81 Å². The molecule has 198 valence electrons. The van der Waals surface area contributed by atoms with Crippen LogP contribution in [0.5, 0.6) is 0 Å². The number of rotatable bonds is 23. The smallest absolute Gasteiger partial charge is 0.230 e. The van der Waals surface area contributed by atoms with Gasteiger partial charge in [-0.1, -0.05) is 128 Å². The molecule has 0 saturated carbocycles. The molecule has 1 aromatic carbocycles. The summed E-state index contributed by atoms with van der Waals surface area (Å²) in [4.78, 5) is 0. The third-order valence-corrected chi connectivity index (χ3v) is 8.17. The monoisotopic (exact) mass is 499 g/mol. The maximum absolute atomic E-state index is 2.50. The van der Waals surface area contributed by atoms with Gasteiger partial charge in [0.25, 0.3) is 5.82 Å². The minimum Gasteiger partial charge on any atom is -0.230 e. The Bertz CT molecular complexity index is 683. The fourth-order valence-electron chi connectivity index (χ4n) is 4.94. The molecule has 0 aliphatic heterocycles. The van der Waals surface area contributed by atoms with E-state index in [2.05, 4.69) is 77.5 Å². The first-order chi connectivity index (χ1) is 17.4. The zero-order valence-corrected chi connectivity index (χ0v) is 24.0. The second-order valence-electron chi connectivity index (χ2n) is 10.3. The summed E-state index contributed by atoms with van der Waals surface area (Å²) >= 11 is 2.09. The predicted octanol–water partition coefficient (Wildman–Crippen LogP) is 10.2. The van der Waals surface area contributed by atoms with Crippen LogP contribution in [0.1, 0.15) is 129 Å². The summed E-state index contributed by atoms with van der Waals surface area (Å²) in [5.41, 5.74) is 1.34. The molecule has 0 amide bonds. The summed E-state index contributed by atoms with van der Waals surface area (Å²) in [6, 6.07) is 11.0. The largest absolute Gasteiger partial charge is 0.289 e. The zero-order valence-electron chi connectivity index (χ0n) is 23.2. The molecule has 2 rings (SSSR count). The first kappa shape index (κ1) is 30.0. The van der Waals surface area contributed by atoms with Crippen molar-refractivity contribution >= 4 is 11.8 Å². The molecule has 2 aromatic rings. The predicted molar refractivity (Wildman–Crippen MR) is 157 cm³/mol. The molecule has 0 N–H and O–H groups in total. The van der Waals surface area contributed by atoms with Crippen LogP contribution in [0, 0.1) is 0 Å². The Morgan fingerprint density at radius 1 is 0.629 bits per heavy atom. The number of unbranched alkanes of at least 4 members (excludes halogenated alkanes) is 16. The van der Waals surface area contributed by atoms with E-state index in [-0.39, 0.29) is 0 Å². The van der Waals surface area contributed by atoms with Gasteiger partial charge < -0.3 is 0 Å². The Labute approximate surface area is 222 Å². The van der Waals surface area contributed by atoms with Gasteiger partial charge in [-0.05, 0) is 37.1 Å². The summed E-state index contributed by atoms with van der Waals surface area (Å²) in [5.74, 6) is 3.72. The van der Waals surface area contributed by atoms with Gasteiger partial charge in [-0.2, -0.15) is 0 Å². The van der Waals surface area contributed by atoms with E-state index in [0.29, 0.717) is 0 Å². The molecule has 0 fully saturated rings. The molecule has 0 atom stereocenters. The third kappa shape index (κ3) is 13.6. The maximum Gasteiger partial charge on any atom is 0.289 e. The van der Waals surface area contributed by atoms with Crippen molar-refractivity contribution in [3.05, 3.63) is 42.7 Å². The molecule has 0 unspecified atom stereocenters. The first-order valence-corrected chi connectivity index (χ1v) is 16.2. The lowest BCUT2D eigenvalue weighted by atomic mass is 10.1. The molecule has 0 radical (unpaired) electrons. The summed E-state index contributed by atoms with van der Waals surface area (Å²) in [5, 5.41) is 0. The third-order valence-electron chi connectivity index (χ3n) is 7.13. The van der Waals surface area contributed by atoms with E-state index in [1.54, 1.807) is 0 Å². The highest BCUT2D eigenvalue weighted by molar-refractivity contribution is 7.98. The van der Waals surface area contributed by atoms with Crippen LogP contribution in [0.3, 0.4) is 0 Å². The number of imidazole rings is 1. The van der Waals surface area contributed by atoms with Crippen LogP contribution < -0.4 is 4.57 Å². The van der Waals surface area contributed by atoms with Crippen molar-refractivity contribution in [3.63, 3.8) is 0 Å². The van der Waals surface area contributed by atoms with Crippen LogP contribution in [-0.4, -0.2) is 10.3 Å². The molecule has 3 heteroatoms. The van der Waals surface area contributed by atoms with Crippen LogP contribution in [0.25, 0.3) is 11.4 Å². The second-order valence-corrected chi connectivity index (χ2v) is 11.4. The molecule has 0 spiro atoms. The van der Waals surface area contributed by atoms with Gasteiger partial charge in [0.2, 0.25) is 0 Å². The molecule has 0 bridgehead atoms. The standard InChI is InChI=1S/C32H55N2S/c1-3-5-7-9-11-13-14-15-17-22-26-33-27-28-34(32(33)31-24-20-19-21-25-31)30-35-29-23-18-16-12-10-8-6-4-2/h19-21,24-25,27-28H,3-18,22-23,26,29-30H2,1-2H3/q+1. The Hall–Kier alpha value is -1.22.